The molecule has 2 aromatic carbocycles. The molecule has 3 N–H and O–H groups in total. The minimum atomic E-state index is -0.537. The van der Waals surface area contributed by atoms with Crippen molar-refractivity contribution >= 4 is 40.6 Å². The summed E-state index contributed by atoms with van der Waals surface area (Å²) in [6, 6.07) is 21.0. The van der Waals surface area contributed by atoms with E-state index in [0.29, 0.717) is 52.0 Å². The Kier molecular flexibility index (Phi) is 9.89. The van der Waals surface area contributed by atoms with Crippen LogP contribution in [0.2, 0.25) is 0 Å². The zero-order valence-corrected chi connectivity index (χ0v) is 24.1. The van der Waals surface area contributed by atoms with Gasteiger partial charge in [0.05, 0.1) is 42.6 Å². The molecule has 8 nitrogen and oxygen atoms in total. The second kappa shape index (κ2) is 13.7. The highest BCUT2D eigenvalue weighted by Gasteiger charge is 2.35. The molecular formula is C30H30N4O4S2. The molecular weight excluding hydrogens is 544 g/mol. The standard InChI is InChI=1S/C30H30N4O4S2/c1-19-27(29(36)34-21-8-5-4-6-9-21)28(25-10-7-15-39-25)22(17-31)30(33-19)40-18-26(35)32-14-13-20-11-12-23(37-2)24(16-20)38-3/h4-12,15-16,28,33H,13-14,18H2,1-3H3,(H,32,35)(H,34,36). The van der Waals surface area contributed by atoms with E-state index < -0.39 is 5.92 Å². The Morgan fingerprint density at radius 1 is 1.07 bits per heavy atom. The molecule has 0 spiro atoms. The second-order valence-electron chi connectivity index (χ2n) is 8.86. The normalized spacial score (nSPS) is 14.7. The van der Waals surface area contributed by atoms with Crippen molar-refractivity contribution in [2.24, 2.45) is 0 Å². The van der Waals surface area contributed by atoms with Crippen LogP contribution in [-0.2, 0) is 16.0 Å². The van der Waals surface area contributed by atoms with Crippen LogP contribution < -0.4 is 25.4 Å². The summed E-state index contributed by atoms with van der Waals surface area (Å²) < 4.78 is 10.6. The van der Waals surface area contributed by atoms with E-state index in [2.05, 4.69) is 22.0 Å². The Balaban J connectivity index is 1.44. The van der Waals surface area contributed by atoms with Crippen LogP contribution in [0.5, 0.6) is 11.5 Å². The van der Waals surface area contributed by atoms with Gasteiger partial charge in [-0.25, -0.2) is 0 Å². The summed E-state index contributed by atoms with van der Waals surface area (Å²) in [6.45, 7) is 2.27. The lowest BCUT2D eigenvalue weighted by Gasteiger charge is -2.29. The SMILES string of the molecule is COc1ccc(CCNC(=O)CSC2=C(C#N)C(c3cccs3)C(C(=O)Nc3ccccc3)=C(C)N2)cc1OC. The first kappa shape index (κ1) is 28.8. The number of hydrogen-bond donors (Lipinski definition) is 3. The Hall–Kier alpha value is -4.20. The number of methoxy groups -OCH3 is 2. The predicted molar refractivity (Wildman–Crippen MR) is 159 cm³/mol. The van der Waals surface area contributed by atoms with Gasteiger partial charge in [-0.05, 0) is 54.6 Å². The summed E-state index contributed by atoms with van der Waals surface area (Å²) in [7, 11) is 3.17. The topological polar surface area (TPSA) is 112 Å². The van der Waals surface area contributed by atoms with E-state index in [1.54, 1.807) is 14.2 Å². The number of carbonyl (C=O) groups excluding carboxylic acids is 2. The van der Waals surface area contributed by atoms with E-state index in [9.17, 15) is 14.9 Å². The maximum absolute atomic E-state index is 13.4. The number of allylic oxidation sites excluding steroid dienone is 2. The average molecular weight is 575 g/mol. The molecule has 0 saturated carbocycles. The Labute approximate surface area is 242 Å². The summed E-state index contributed by atoms with van der Waals surface area (Å²) >= 11 is 2.74. The molecule has 2 heterocycles. The van der Waals surface area contributed by atoms with Crippen LogP contribution in [0.1, 0.15) is 23.3 Å². The zero-order chi connectivity index (χ0) is 28.5. The molecule has 10 heteroatoms. The number of ether oxygens (including phenoxy) is 2. The number of nitrogens with one attached hydrogen (secondary N) is 3. The lowest BCUT2D eigenvalue weighted by atomic mass is 9.86. The molecule has 0 fully saturated rings. The number of carbonyl (C=O) groups is 2. The largest absolute Gasteiger partial charge is 0.493 e. The van der Waals surface area contributed by atoms with Gasteiger partial charge in [-0.2, -0.15) is 5.26 Å². The van der Waals surface area contributed by atoms with Crippen LogP contribution in [0.4, 0.5) is 5.69 Å². The molecule has 0 bridgehead atoms. The molecule has 3 aromatic rings. The minimum Gasteiger partial charge on any atom is -0.493 e. The van der Waals surface area contributed by atoms with Gasteiger partial charge in [0.1, 0.15) is 0 Å². The van der Waals surface area contributed by atoms with Crippen molar-refractivity contribution < 1.29 is 19.1 Å². The van der Waals surface area contributed by atoms with E-state index in [1.807, 2.05) is 73.0 Å². The fourth-order valence-electron chi connectivity index (χ4n) is 4.36. The van der Waals surface area contributed by atoms with Gasteiger partial charge in [-0.15, -0.1) is 11.3 Å². The number of hydrogen-bond acceptors (Lipinski definition) is 8. The first-order chi connectivity index (χ1) is 19.4. The number of nitriles is 1. The highest BCUT2D eigenvalue weighted by molar-refractivity contribution is 8.03. The van der Waals surface area contributed by atoms with Gasteiger partial charge in [0, 0.05) is 28.4 Å². The quantitative estimate of drug-likeness (QED) is 0.289. The summed E-state index contributed by atoms with van der Waals surface area (Å²) in [4.78, 5) is 27.0. The second-order valence-corrected chi connectivity index (χ2v) is 10.8. The van der Waals surface area contributed by atoms with Crippen molar-refractivity contribution in [2.45, 2.75) is 19.3 Å². The molecule has 0 saturated heterocycles. The van der Waals surface area contributed by atoms with Crippen LogP contribution in [0, 0.1) is 11.3 Å². The molecule has 1 aliphatic rings. The average Bonchev–Trinajstić information content (AvgIpc) is 3.51. The van der Waals surface area contributed by atoms with E-state index in [1.165, 1.54) is 23.1 Å². The fraction of sp³-hybridized carbons (Fsp3) is 0.233. The predicted octanol–water partition coefficient (Wildman–Crippen LogP) is 5.19. The Morgan fingerprint density at radius 2 is 1.85 bits per heavy atom. The number of benzene rings is 2. The maximum atomic E-state index is 13.4. The van der Waals surface area contributed by atoms with E-state index in [-0.39, 0.29) is 17.6 Å². The summed E-state index contributed by atoms with van der Waals surface area (Å²) in [5, 5.41) is 21.8. The highest BCUT2D eigenvalue weighted by atomic mass is 32.2. The van der Waals surface area contributed by atoms with E-state index in [4.69, 9.17) is 9.47 Å². The molecule has 1 atom stereocenters. The Bertz CT molecular complexity index is 1460. The summed E-state index contributed by atoms with van der Waals surface area (Å²) in [5.41, 5.74) is 3.21. The molecule has 206 valence electrons. The van der Waals surface area contributed by atoms with Crippen LogP contribution in [-0.4, -0.2) is 38.3 Å². The van der Waals surface area contributed by atoms with Gasteiger partial charge in [-0.3, -0.25) is 9.59 Å². The number of anilines is 1. The van der Waals surface area contributed by atoms with Gasteiger partial charge in [0.25, 0.3) is 5.91 Å². The molecule has 2 amide bonds. The van der Waals surface area contributed by atoms with E-state index >= 15 is 0 Å². The van der Waals surface area contributed by atoms with Crippen LogP contribution in [0.15, 0.2) is 87.9 Å². The molecule has 0 aliphatic carbocycles. The lowest BCUT2D eigenvalue weighted by Crippen LogP contribution is -2.31. The number of thioether (sulfide) groups is 1. The fourth-order valence-corrected chi connectivity index (χ4v) is 6.12. The van der Waals surface area contributed by atoms with Crippen LogP contribution in [0.25, 0.3) is 0 Å². The third-order valence-electron chi connectivity index (χ3n) is 6.28. The van der Waals surface area contributed by atoms with Crippen molar-refractivity contribution in [1.82, 2.24) is 10.6 Å². The number of thiophene rings is 1. The monoisotopic (exact) mass is 574 g/mol. The zero-order valence-electron chi connectivity index (χ0n) is 22.4. The molecule has 1 aromatic heterocycles. The highest BCUT2D eigenvalue weighted by Crippen LogP contribution is 2.42. The third-order valence-corrected chi connectivity index (χ3v) is 8.24. The number of dihydropyridines is 1. The van der Waals surface area contributed by atoms with Crippen molar-refractivity contribution in [3.05, 3.63) is 98.4 Å². The molecule has 4 rings (SSSR count). The molecule has 1 aliphatic heterocycles. The number of amides is 2. The van der Waals surface area contributed by atoms with E-state index in [0.717, 1.165) is 10.4 Å². The van der Waals surface area contributed by atoms with Crippen LogP contribution in [0.3, 0.4) is 0 Å². The van der Waals surface area contributed by atoms with Gasteiger partial charge < -0.3 is 25.4 Å². The maximum Gasteiger partial charge on any atom is 0.254 e. The smallest absolute Gasteiger partial charge is 0.254 e. The number of nitrogens with zero attached hydrogens (tertiary/aromatic N) is 1. The molecule has 1 unspecified atom stereocenters. The minimum absolute atomic E-state index is 0.120. The van der Waals surface area contributed by atoms with Crippen molar-refractivity contribution in [3.8, 4) is 17.6 Å². The van der Waals surface area contributed by atoms with Crippen LogP contribution >= 0.6 is 23.1 Å². The van der Waals surface area contributed by atoms with Gasteiger partial charge >= 0.3 is 0 Å². The summed E-state index contributed by atoms with van der Waals surface area (Å²) in [5.74, 6) is 0.444. The van der Waals surface area contributed by atoms with Crippen molar-refractivity contribution in [1.29, 1.82) is 5.26 Å². The van der Waals surface area contributed by atoms with Crippen molar-refractivity contribution in [2.75, 3.05) is 31.8 Å². The lowest BCUT2D eigenvalue weighted by molar-refractivity contribution is -0.118. The molecule has 0 radical (unpaired) electrons. The van der Waals surface area contributed by atoms with Gasteiger partial charge in [-0.1, -0.05) is 42.1 Å². The first-order valence-corrected chi connectivity index (χ1v) is 14.4. The summed E-state index contributed by atoms with van der Waals surface area (Å²) in [6.07, 6.45) is 0.628. The van der Waals surface area contributed by atoms with Gasteiger partial charge in [0.2, 0.25) is 5.91 Å². The third kappa shape index (κ3) is 6.86. The molecule has 40 heavy (non-hydrogen) atoms. The number of rotatable bonds is 11. The number of para-hydroxylation sites is 1. The van der Waals surface area contributed by atoms with Crippen molar-refractivity contribution in [3.63, 3.8) is 0 Å². The van der Waals surface area contributed by atoms with Gasteiger partial charge in [0.15, 0.2) is 11.5 Å². The first-order valence-electron chi connectivity index (χ1n) is 12.6. The Morgan fingerprint density at radius 3 is 2.52 bits per heavy atom.